The third kappa shape index (κ3) is 2.16. The maximum absolute atomic E-state index is 10.8. The van der Waals surface area contributed by atoms with Crippen molar-refractivity contribution in [1.82, 2.24) is 20.2 Å². The molecule has 1 heterocycles. The Labute approximate surface area is 74.3 Å². The van der Waals surface area contributed by atoms with E-state index in [-0.39, 0.29) is 6.03 Å². The molecule has 0 spiro atoms. The molecule has 1 aromatic rings. The van der Waals surface area contributed by atoms with Gasteiger partial charge in [0.05, 0.1) is 17.1 Å². The van der Waals surface area contributed by atoms with Crippen molar-refractivity contribution < 1.29 is 4.79 Å². The standard InChI is InChI=1S/C6H10N4OS/c1-4-5(12-10-9-4)3-8-6(11)7-2/h3H2,1-2H3,(H2,7,8,11). The summed E-state index contributed by atoms with van der Waals surface area (Å²) in [5.74, 6) is 0. The topological polar surface area (TPSA) is 66.9 Å². The summed E-state index contributed by atoms with van der Waals surface area (Å²) in [6.07, 6.45) is 0. The first-order valence-electron chi connectivity index (χ1n) is 3.47. The zero-order chi connectivity index (χ0) is 8.97. The fourth-order valence-electron chi connectivity index (χ4n) is 0.662. The number of aromatic nitrogens is 2. The number of amides is 2. The summed E-state index contributed by atoms with van der Waals surface area (Å²) >= 11 is 1.30. The van der Waals surface area contributed by atoms with E-state index < -0.39 is 0 Å². The van der Waals surface area contributed by atoms with Crippen LogP contribution in [0, 0.1) is 6.92 Å². The van der Waals surface area contributed by atoms with E-state index in [4.69, 9.17) is 0 Å². The van der Waals surface area contributed by atoms with Crippen LogP contribution < -0.4 is 10.6 Å². The van der Waals surface area contributed by atoms with E-state index in [9.17, 15) is 4.79 Å². The second-order valence-electron chi connectivity index (χ2n) is 2.21. The molecule has 0 saturated carbocycles. The molecule has 0 aliphatic heterocycles. The first kappa shape index (κ1) is 8.92. The molecule has 0 aliphatic rings. The Morgan fingerprint density at radius 3 is 2.92 bits per heavy atom. The first-order chi connectivity index (χ1) is 5.74. The lowest BCUT2D eigenvalue weighted by Gasteiger charge is -2.00. The molecule has 2 N–H and O–H groups in total. The van der Waals surface area contributed by atoms with Crippen LogP contribution in [0.15, 0.2) is 0 Å². The number of nitrogens with zero attached hydrogens (tertiary/aromatic N) is 2. The molecule has 1 rings (SSSR count). The molecule has 0 saturated heterocycles. The van der Waals surface area contributed by atoms with Crippen LogP contribution in [0.1, 0.15) is 10.6 Å². The van der Waals surface area contributed by atoms with Crippen LogP contribution in [0.4, 0.5) is 4.79 Å². The van der Waals surface area contributed by atoms with Gasteiger partial charge in [0.15, 0.2) is 0 Å². The van der Waals surface area contributed by atoms with Crippen LogP contribution in [-0.2, 0) is 6.54 Å². The van der Waals surface area contributed by atoms with Crippen molar-refractivity contribution in [3.63, 3.8) is 0 Å². The van der Waals surface area contributed by atoms with Gasteiger partial charge in [-0.1, -0.05) is 4.49 Å². The van der Waals surface area contributed by atoms with Gasteiger partial charge in [0.25, 0.3) is 0 Å². The van der Waals surface area contributed by atoms with Crippen molar-refractivity contribution in [2.75, 3.05) is 7.05 Å². The molecular weight excluding hydrogens is 176 g/mol. The molecule has 0 atom stereocenters. The van der Waals surface area contributed by atoms with Gasteiger partial charge >= 0.3 is 6.03 Å². The third-order valence-corrected chi connectivity index (χ3v) is 2.21. The van der Waals surface area contributed by atoms with Gasteiger partial charge in [-0.25, -0.2) is 4.79 Å². The lowest BCUT2D eigenvalue weighted by Crippen LogP contribution is -2.31. The minimum Gasteiger partial charge on any atom is -0.341 e. The molecule has 0 fully saturated rings. The molecule has 0 unspecified atom stereocenters. The Bertz CT molecular complexity index is 272. The van der Waals surface area contributed by atoms with Gasteiger partial charge in [-0.3, -0.25) is 0 Å². The molecule has 6 heteroatoms. The highest BCUT2D eigenvalue weighted by molar-refractivity contribution is 7.05. The zero-order valence-corrected chi connectivity index (χ0v) is 7.73. The Morgan fingerprint density at radius 1 is 1.67 bits per heavy atom. The fourth-order valence-corrected chi connectivity index (χ4v) is 1.23. The number of hydrogen-bond donors (Lipinski definition) is 2. The second kappa shape index (κ2) is 4.01. The van der Waals surface area contributed by atoms with Crippen LogP contribution in [-0.4, -0.2) is 22.7 Å². The van der Waals surface area contributed by atoms with Crippen molar-refractivity contribution in [3.8, 4) is 0 Å². The largest absolute Gasteiger partial charge is 0.341 e. The predicted molar refractivity (Wildman–Crippen MR) is 45.9 cm³/mol. The Kier molecular flexibility index (Phi) is 2.98. The summed E-state index contributed by atoms with van der Waals surface area (Å²) in [5.41, 5.74) is 0.872. The highest BCUT2D eigenvalue weighted by atomic mass is 32.1. The molecule has 0 radical (unpaired) electrons. The molecule has 0 aliphatic carbocycles. The van der Waals surface area contributed by atoms with Gasteiger partial charge in [0.2, 0.25) is 0 Å². The fraction of sp³-hybridized carbons (Fsp3) is 0.500. The van der Waals surface area contributed by atoms with Crippen molar-refractivity contribution in [2.24, 2.45) is 0 Å². The summed E-state index contributed by atoms with van der Waals surface area (Å²) in [4.78, 5) is 11.7. The van der Waals surface area contributed by atoms with Gasteiger partial charge in [-0.15, -0.1) is 5.10 Å². The highest BCUT2D eigenvalue weighted by Gasteiger charge is 2.03. The smallest absolute Gasteiger partial charge is 0.314 e. The summed E-state index contributed by atoms with van der Waals surface area (Å²) in [5, 5.41) is 8.93. The van der Waals surface area contributed by atoms with Crippen LogP contribution in [0.25, 0.3) is 0 Å². The normalized spacial score (nSPS) is 9.50. The third-order valence-electron chi connectivity index (χ3n) is 1.38. The first-order valence-corrected chi connectivity index (χ1v) is 4.24. The molecular formula is C6H10N4OS. The second-order valence-corrected chi connectivity index (χ2v) is 3.05. The lowest BCUT2D eigenvalue weighted by atomic mass is 10.4. The molecule has 66 valence electrons. The van der Waals surface area contributed by atoms with Crippen LogP contribution in [0.5, 0.6) is 0 Å². The number of rotatable bonds is 2. The number of nitrogens with one attached hydrogen (secondary N) is 2. The van der Waals surface area contributed by atoms with E-state index >= 15 is 0 Å². The number of aryl methyl sites for hydroxylation is 1. The van der Waals surface area contributed by atoms with Gasteiger partial charge in [0, 0.05) is 7.05 Å². The van der Waals surface area contributed by atoms with E-state index in [0.29, 0.717) is 6.54 Å². The molecule has 0 aromatic carbocycles. The summed E-state index contributed by atoms with van der Waals surface area (Å²) in [6, 6.07) is -0.192. The SMILES string of the molecule is CNC(=O)NCc1snnc1C. The summed E-state index contributed by atoms with van der Waals surface area (Å²) < 4.78 is 3.75. The maximum Gasteiger partial charge on any atom is 0.314 e. The minimum atomic E-state index is -0.192. The van der Waals surface area contributed by atoms with Gasteiger partial charge in [-0.05, 0) is 18.5 Å². The van der Waals surface area contributed by atoms with Gasteiger partial charge in [-0.2, -0.15) is 0 Å². The summed E-state index contributed by atoms with van der Waals surface area (Å²) in [7, 11) is 1.58. The molecule has 2 amide bonds. The van der Waals surface area contributed by atoms with Gasteiger partial charge < -0.3 is 10.6 Å². The van der Waals surface area contributed by atoms with Crippen molar-refractivity contribution in [2.45, 2.75) is 13.5 Å². The molecule has 0 bridgehead atoms. The predicted octanol–water partition coefficient (Wildman–Crippen LogP) is 0.276. The van der Waals surface area contributed by atoms with E-state index in [1.165, 1.54) is 11.5 Å². The lowest BCUT2D eigenvalue weighted by molar-refractivity contribution is 0.242. The molecule has 12 heavy (non-hydrogen) atoms. The number of hydrogen-bond acceptors (Lipinski definition) is 4. The average molecular weight is 186 g/mol. The Balaban J connectivity index is 2.43. The quantitative estimate of drug-likeness (QED) is 0.697. The average Bonchev–Trinajstić information content (AvgIpc) is 2.47. The highest BCUT2D eigenvalue weighted by Crippen LogP contribution is 2.07. The monoisotopic (exact) mass is 186 g/mol. The number of carbonyl (C=O) groups is 1. The van der Waals surface area contributed by atoms with Gasteiger partial charge in [0.1, 0.15) is 0 Å². The maximum atomic E-state index is 10.8. The zero-order valence-electron chi connectivity index (χ0n) is 6.92. The van der Waals surface area contributed by atoms with Crippen molar-refractivity contribution >= 4 is 17.6 Å². The summed E-state index contributed by atoms with van der Waals surface area (Å²) in [6.45, 7) is 2.35. The van der Waals surface area contributed by atoms with E-state index in [1.807, 2.05) is 6.92 Å². The number of urea groups is 1. The van der Waals surface area contributed by atoms with Crippen LogP contribution in [0.2, 0.25) is 0 Å². The van der Waals surface area contributed by atoms with Crippen LogP contribution in [0.3, 0.4) is 0 Å². The minimum absolute atomic E-state index is 0.192. The Morgan fingerprint density at radius 2 is 2.42 bits per heavy atom. The van der Waals surface area contributed by atoms with Crippen molar-refractivity contribution in [3.05, 3.63) is 10.6 Å². The van der Waals surface area contributed by atoms with Crippen molar-refractivity contribution in [1.29, 1.82) is 0 Å². The van der Waals surface area contributed by atoms with E-state index in [0.717, 1.165) is 10.6 Å². The van der Waals surface area contributed by atoms with E-state index in [1.54, 1.807) is 7.05 Å². The van der Waals surface area contributed by atoms with Crippen LogP contribution >= 0.6 is 11.5 Å². The molecule has 5 nitrogen and oxygen atoms in total. The number of carbonyl (C=O) groups excluding carboxylic acids is 1. The molecule has 1 aromatic heterocycles. The van der Waals surface area contributed by atoms with E-state index in [2.05, 4.69) is 20.2 Å². The Hall–Kier alpha value is -1.17.